The zero-order valence-electron chi connectivity index (χ0n) is 15.3. The van der Waals surface area contributed by atoms with E-state index in [0.717, 1.165) is 24.2 Å². The second-order valence-electron chi connectivity index (χ2n) is 6.45. The molecule has 0 radical (unpaired) electrons. The first-order valence-corrected chi connectivity index (χ1v) is 9.00. The lowest BCUT2D eigenvalue weighted by molar-refractivity contribution is -0.137. The van der Waals surface area contributed by atoms with Crippen LogP contribution in [0.25, 0.3) is 11.3 Å². The van der Waals surface area contributed by atoms with Gasteiger partial charge in [-0.3, -0.25) is 4.79 Å². The van der Waals surface area contributed by atoms with E-state index in [0.29, 0.717) is 35.6 Å². The van der Waals surface area contributed by atoms with Crippen molar-refractivity contribution in [2.24, 2.45) is 0 Å². The van der Waals surface area contributed by atoms with Gasteiger partial charge >= 0.3 is 6.18 Å². The molecule has 0 saturated heterocycles. The Morgan fingerprint density at radius 1 is 1.04 bits per heavy atom. The van der Waals surface area contributed by atoms with Crippen molar-refractivity contribution in [3.05, 3.63) is 77.6 Å². The molecular formula is C22H20F3NO2. The highest BCUT2D eigenvalue weighted by Crippen LogP contribution is 2.32. The van der Waals surface area contributed by atoms with Crippen molar-refractivity contribution in [1.29, 1.82) is 0 Å². The lowest BCUT2D eigenvalue weighted by atomic mass is 10.1. The van der Waals surface area contributed by atoms with Gasteiger partial charge in [-0.25, -0.2) is 0 Å². The summed E-state index contributed by atoms with van der Waals surface area (Å²) in [5.41, 5.74) is 1.17. The summed E-state index contributed by atoms with van der Waals surface area (Å²) in [6.07, 6.45) is -3.05. The topological polar surface area (TPSA) is 42.2 Å². The van der Waals surface area contributed by atoms with Crippen LogP contribution >= 0.6 is 0 Å². The van der Waals surface area contributed by atoms with Crippen LogP contribution in [0.5, 0.6) is 0 Å². The van der Waals surface area contributed by atoms with E-state index in [-0.39, 0.29) is 5.78 Å². The summed E-state index contributed by atoms with van der Waals surface area (Å²) in [6.45, 7) is 2.34. The van der Waals surface area contributed by atoms with Gasteiger partial charge in [-0.1, -0.05) is 19.1 Å². The normalized spacial score (nSPS) is 11.4. The Morgan fingerprint density at radius 2 is 1.79 bits per heavy atom. The van der Waals surface area contributed by atoms with Crippen LogP contribution < -0.4 is 5.32 Å². The second-order valence-corrected chi connectivity index (χ2v) is 6.45. The van der Waals surface area contributed by atoms with Gasteiger partial charge in [0, 0.05) is 23.2 Å². The lowest BCUT2D eigenvalue weighted by Gasteiger charge is -2.08. The molecule has 146 valence electrons. The molecule has 0 aliphatic rings. The van der Waals surface area contributed by atoms with Crippen molar-refractivity contribution in [2.75, 3.05) is 5.32 Å². The molecule has 6 heteroatoms. The quantitative estimate of drug-likeness (QED) is 0.467. The van der Waals surface area contributed by atoms with Crippen molar-refractivity contribution in [2.45, 2.75) is 32.5 Å². The van der Waals surface area contributed by atoms with E-state index < -0.39 is 11.7 Å². The van der Waals surface area contributed by atoms with Gasteiger partial charge in [0.1, 0.15) is 11.5 Å². The molecule has 0 aliphatic carbocycles. The van der Waals surface area contributed by atoms with Gasteiger partial charge < -0.3 is 9.73 Å². The smallest absolute Gasteiger partial charge is 0.416 e. The summed E-state index contributed by atoms with van der Waals surface area (Å²) in [6, 6.07) is 15.6. The van der Waals surface area contributed by atoms with Crippen molar-refractivity contribution in [3.8, 4) is 11.3 Å². The molecular weight excluding hydrogens is 367 g/mol. The molecule has 0 spiro atoms. The molecule has 0 saturated carbocycles. The molecule has 1 N–H and O–H groups in total. The SMILES string of the molecule is CCCC(=O)c1ccc(NCc2ccc(-c3cccc(C(F)(F)F)c3)o2)cc1. The minimum atomic E-state index is -4.39. The number of nitrogens with one attached hydrogen (secondary N) is 1. The van der Waals surface area contributed by atoms with Crippen molar-refractivity contribution in [3.63, 3.8) is 0 Å². The molecule has 0 bridgehead atoms. The maximum atomic E-state index is 12.9. The fourth-order valence-corrected chi connectivity index (χ4v) is 2.81. The second kappa shape index (κ2) is 8.33. The predicted molar refractivity (Wildman–Crippen MR) is 102 cm³/mol. The van der Waals surface area contributed by atoms with Crippen LogP contribution in [-0.2, 0) is 12.7 Å². The number of Topliss-reactive ketones (excluding diaryl/α,β-unsaturated/α-hetero) is 1. The number of halogens is 3. The van der Waals surface area contributed by atoms with Gasteiger partial charge in [0.25, 0.3) is 0 Å². The molecule has 0 aliphatic heterocycles. The highest BCUT2D eigenvalue weighted by atomic mass is 19.4. The molecule has 3 aromatic rings. The van der Waals surface area contributed by atoms with Crippen LogP contribution in [0.2, 0.25) is 0 Å². The third-order valence-corrected chi connectivity index (χ3v) is 4.29. The number of benzene rings is 2. The zero-order chi connectivity index (χ0) is 20.1. The summed E-state index contributed by atoms with van der Waals surface area (Å²) in [4.78, 5) is 11.9. The summed E-state index contributed by atoms with van der Waals surface area (Å²) in [5, 5.41) is 3.17. The van der Waals surface area contributed by atoms with Crippen molar-refractivity contribution in [1.82, 2.24) is 0 Å². The van der Waals surface area contributed by atoms with Crippen LogP contribution in [-0.4, -0.2) is 5.78 Å². The van der Waals surface area contributed by atoms with Crippen molar-refractivity contribution >= 4 is 11.5 Å². The Balaban J connectivity index is 1.65. The Labute approximate surface area is 161 Å². The first-order chi connectivity index (χ1) is 13.4. The summed E-state index contributed by atoms with van der Waals surface area (Å²) in [5.74, 6) is 1.09. The zero-order valence-corrected chi connectivity index (χ0v) is 15.3. The third kappa shape index (κ3) is 4.82. The first kappa shape index (κ1) is 19.7. The number of alkyl halides is 3. The lowest BCUT2D eigenvalue weighted by Crippen LogP contribution is -2.04. The number of ketones is 1. The van der Waals surface area contributed by atoms with Crippen molar-refractivity contribution < 1.29 is 22.4 Å². The maximum Gasteiger partial charge on any atom is 0.416 e. The average molecular weight is 387 g/mol. The standard InChI is InChI=1S/C22H20F3NO2/c1-2-4-20(27)15-7-9-18(10-8-15)26-14-19-11-12-21(28-19)16-5-3-6-17(13-16)22(23,24)25/h3,5-13,26H,2,4,14H2,1H3. The fraction of sp³-hybridized carbons (Fsp3) is 0.227. The molecule has 2 aromatic carbocycles. The van der Waals surface area contributed by atoms with Crippen LogP contribution in [0.4, 0.5) is 18.9 Å². The molecule has 1 heterocycles. The van der Waals surface area contributed by atoms with Crippen LogP contribution in [0.3, 0.4) is 0 Å². The van der Waals surface area contributed by atoms with Crippen LogP contribution in [0.15, 0.2) is 65.1 Å². The number of anilines is 1. The van der Waals surface area contributed by atoms with Gasteiger partial charge in [0.15, 0.2) is 5.78 Å². The van der Waals surface area contributed by atoms with E-state index in [4.69, 9.17) is 4.42 Å². The molecule has 3 rings (SSSR count). The summed E-state index contributed by atoms with van der Waals surface area (Å²) in [7, 11) is 0. The van der Waals surface area contributed by atoms with Crippen LogP contribution in [0.1, 0.15) is 41.4 Å². The number of hydrogen-bond acceptors (Lipinski definition) is 3. The largest absolute Gasteiger partial charge is 0.459 e. The van der Waals surface area contributed by atoms with Gasteiger partial charge in [-0.15, -0.1) is 0 Å². The fourth-order valence-electron chi connectivity index (χ4n) is 2.81. The molecule has 1 aromatic heterocycles. The summed E-state index contributed by atoms with van der Waals surface area (Å²) >= 11 is 0. The van der Waals surface area contributed by atoms with Gasteiger partial charge in [-0.05, 0) is 55.0 Å². The van der Waals surface area contributed by atoms with E-state index in [9.17, 15) is 18.0 Å². The number of carbonyl (C=O) groups is 1. The molecule has 0 amide bonds. The van der Waals surface area contributed by atoms with E-state index in [2.05, 4.69) is 5.32 Å². The Hall–Kier alpha value is -3.02. The Morgan fingerprint density at radius 3 is 2.46 bits per heavy atom. The monoisotopic (exact) mass is 387 g/mol. The van der Waals surface area contributed by atoms with Gasteiger partial charge in [0.2, 0.25) is 0 Å². The van der Waals surface area contributed by atoms with Crippen LogP contribution in [0, 0.1) is 0 Å². The molecule has 3 nitrogen and oxygen atoms in total. The number of rotatable bonds is 7. The van der Waals surface area contributed by atoms with E-state index in [1.165, 1.54) is 6.07 Å². The first-order valence-electron chi connectivity index (χ1n) is 9.00. The molecule has 28 heavy (non-hydrogen) atoms. The highest BCUT2D eigenvalue weighted by molar-refractivity contribution is 5.96. The average Bonchev–Trinajstić information content (AvgIpc) is 3.15. The van der Waals surface area contributed by atoms with E-state index >= 15 is 0 Å². The van der Waals surface area contributed by atoms with Gasteiger partial charge in [-0.2, -0.15) is 13.2 Å². The van der Waals surface area contributed by atoms with E-state index in [1.807, 2.05) is 19.1 Å². The number of furan rings is 1. The Bertz CT molecular complexity index is 943. The number of hydrogen-bond donors (Lipinski definition) is 1. The Kier molecular flexibility index (Phi) is 5.87. The minimum Gasteiger partial charge on any atom is -0.459 e. The minimum absolute atomic E-state index is 0.116. The van der Waals surface area contributed by atoms with E-state index in [1.54, 1.807) is 30.3 Å². The molecule has 0 atom stereocenters. The third-order valence-electron chi connectivity index (χ3n) is 4.29. The summed E-state index contributed by atoms with van der Waals surface area (Å²) < 4.78 is 44.2. The molecule has 0 fully saturated rings. The van der Waals surface area contributed by atoms with Gasteiger partial charge in [0.05, 0.1) is 12.1 Å². The molecule has 0 unspecified atom stereocenters. The predicted octanol–water partition coefficient (Wildman–Crippen LogP) is 6.56. The highest BCUT2D eigenvalue weighted by Gasteiger charge is 2.30. The maximum absolute atomic E-state index is 12.9. The number of carbonyl (C=O) groups excluding carboxylic acids is 1.